The maximum atomic E-state index is 13.2. The second-order valence-corrected chi connectivity index (χ2v) is 8.29. The molecule has 0 atom stereocenters. The van der Waals surface area contributed by atoms with Gasteiger partial charge in [0.15, 0.2) is 5.65 Å². The molecular weight excluding hydrogens is 448 g/mol. The number of halogens is 1. The Morgan fingerprint density at radius 2 is 1.74 bits per heavy atom. The summed E-state index contributed by atoms with van der Waals surface area (Å²) in [6.07, 6.45) is 3.73. The van der Waals surface area contributed by atoms with Crippen molar-refractivity contribution >= 4 is 40.7 Å². The van der Waals surface area contributed by atoms with Gasteiger partial charge in [0.05, 0.1) is 11.3 Å². The number of fused-ring (bicyclic) bond motifs is 1. The average Bonchev–Trinajstić information content (AvgIpc) is 3.39. The second kappa shape index (κ2) is 10.5. The summed E-state index contributed by atoms with van der Waals surface area (Å²) in [5.74, 6) is 0.794. The van der Waals surface area contributed by atoms with Crippen molar-refractivity contribution in [1.82, 2.24) is 14.9 Å². The minimum atomic E-state index is 0. The van der Waals surface area contributed by atoms with E-state index in [0.717, 1.165) is 59.7 Å². The lowest BCUT2D eigenvalue weighted by Crippen LogP contribution is -2.28. The summed E-state index contributed by atoms with van der Waals surface area (Å²) in [4.78, 5) is 24.2. The molecule has 0 unspecified atom stereocenters. The maximum Gasteiger partial charge on any atom is 0.257 e. The lowest BCUT2D eigenvalue weighted by molar-refractivity contribution is 0.0793. The molecule has 4 aromatic rings. The van der Waals surface area contributed by atoms with Gasteiger partial charge >= 0.3 is 0 Å². The summed E-state index contributed by atoms with van der Waals surface area (Å²) >= 11 is 0. The van der Waals surface area contributed by atoms with Gasteiger partial charge in [-0.1, -0.05) is 30.3 Å². The first-order valence-corrected chi connectivity index (χ1v) is 11.3. The molecular formula is C27H27ClN4O2. The van der Waals surface area contributed by atoms with Gasteiger partial charge in [0.1, 0.15) is 12.4 Å². The monoisotopic (exact) mass is 474 g/mol. The Labute approximate surface area is 205 Å². The molecule has 5 rings (SSSR count). The highest BCUT2D eigenvalue weighted by Crippen LogP contribution is 2.31. The number of aryl methyl sites for hydroxylation is 1. The minimum Gasteiger partial charge on any atom is -0.489 e. The summed E-state index contributed by atoms with van der Waals surface area (Å²) in [7, 11) is 0. The van der Waals surface area contributed by atoms with Crippen LogP contribution in [0.2, 0.25) is 0 Å². The molecule has 6 nitrogen and oxygen atoms in total. The molecule has 2 aromatic carbocycles. The second-order valence-electron chi connectivity index (χ2n) is 8.29. The van der Waals surface area contributed by atoms with E-state index in [2.05, 4.69) is 15.3 Å². The predicted octanol–water partition coefficient (Wildman–Crippen LogP) is 5.92. The average molecular weight is 475 g/mol. The number of hydrogen-bond donors (Lipinski definition) is 1. The highest BCUT2D eigenvalue weighted by Gasteiger charge is 2.24. The molecule has 34 heavy (non-hydrogen) atoms. The van der Waals surface area contributed by atoms with Crippen molar-refractivity contribution in [3.8, 4) is 5.75 Å². The lowest BCUT2D eigenvalue weighted by Gasteiger charge is -2.19. The number of amides is 1. The van der Waals surface area contributed by atoms with Crippen LogP contribution in [0.15, 0.2) is 72.9 Å². The van der Waals surface area contributed by atoms with Crippen LogP contribution in [-0.2, 0) is 6.61 Å². The zero-order valence-corrected chi connectivity index (χ0v) is 19.8. The molecule has 1 saturated heterocycles. The molecule has 0 spiro atoms. The van der Waals surface area contributed by atoms with Crippen molar-refractivity contribution in [2.75, 3.05) is 18.4 Å². The van der Waals surface area contributed by atoms with Gasteiger partial charge in [0, 0.05) is 36.1 Å². The predicted molar refractivity (Wildman–Crippen MR) is 137 cm³/mol. The van der Waals surface area contributed by atoms with Gasteiger partial charge in [-0.2, -0.15) is 0 Å². The number of ether oxygens (including phenoxy) is 1. The van der Waals surface area contributed by atoms with Crippen LogP contribution in [-0.4, -0.2) is 33.9 Å². The first-order chi connectivity index (χ1) is 16.2. The minimum absolute atomic E-state index is 0. The first kappa shape index (κ1) is 23.5. The first-order valence-electron chi connectivity index (χ1n) is 11.3. The van der Waals surface area contributed by atoms with Gasteiger partial charge in [0.2, 0.25) is 0 Å². The van der Waals surface area contributed by atoms with Crippen LogP contribution in [0.25, 0.3) is 11.0 Å². The van der Waals surface area contributed by atoms with Gasteiger partial charge in [-0.05, 0) is 61.7 Å². The molecule has 1 aliphatic rings. The van der Waals surface area contributed by atoms with Gasteiger partial charge in [-0.15, -0.1) is 12.4 Å². The van der Waals surface area contributed by atoms with E-state index < -0.39 is 0 Å². The number of likely N-dealkylation sites (tertiary alicyclic amines) is 1. The van der Waals surface area contributed by atoms with E-state index >= 15 is 0 Å². The third kappa shape index (κ3) is 5.13. The van der Waals surface area contributed by atoms with Gasteiger partial charge in [0.25, 0.3) is 5.91 Å². The maximum absolute atomic E-state index is 13.2. The molecule has 1 N–H and O–H groups in total. The smallest absolute Gasteiger partial charge is 0.257 e. The van der Waals surface area contributed by atoms with Crippen LogP contribution in [0.3, 0.4) is 0 Å². The van der Waals surface area contributed by atoms with Crippen molar-refractivity contribution in [1.29, 1.82) is 0 Å². The van der Waals surface area contributed by atoms with Crippen molar-refractivity contribution < 1.29 is 9.53 Å². The van der Waals surface area contributed by atoms with E-state index in [1.54, 1.807) is 6.20 Å². The Kier molecular flexibility index (Phi) is 7.28. The standard InChI is InChI=1S/C27H26N4O2.ClH/c1-19-9-14-23-25(24(17-28-26(23)29-19)27(32)31-15-5-6-16-31)30-21-10-12-22(13-11-21)33-18-20-7-3-2-4-8-20;/h2-4,7-14,17H,5-6,15-16,18H2,1H3,(H,28,29,30);1H. The van der Waals surface area contributed by atoms with Crippen LogP contribution in [0, 0.1) is 6.92 Å². The Balaban J connectivity index is 0.00000274. The fourth-order valence-electron chi connectivity index (χ4n) is 4.08. The number of nitrogens with zero attached hydrogens (tertiary/aromatic N) is 3. The quantitative estimate of drug-likeness (QED) is 0.375. The number of hydrogen-bond acceptors (Lipinski definition) is 5. The van der Waals surface area contributed by atoms with E-state index in [0.29, 0.717) is 17.8 Å². The molecule has 0 bridgehead atoms. The van der Waals surface area contributed by atoms with Crippen LogP contribution in [0.4, 0.5) is 11.4 Å². The molecule has 0 saturated carbocycles. The number of anilines is 2. The Hall–Kier alpha value is -3.64. The van der Waals surface area contributed by atoms with Crippen LogP contribution in [0.1, 0.15) is 34.5 Å². The largest absolute Gasteiger partial charge is 0.489 e. The number of nitrogens with one attached hydrogen (secondary N) is 1. The summed E-state index contributed by atoms with van der Waals surface area (Å²) in [5.41, 5.74) is 4.81. The fraction of sp³-hybridized carbons (Fsp3) is 0.222. The Morgan fingerprint density at radius 1 is 1.00 bits per heavy atom. The molecule has 0 aliphatic carbocycles. The zero-order valence-electron chi connectivity index (χ0n) is 19.0. The van der Waals surface area contributed by atoms with E-state index in [1.807, 2.05) is 78.6 Å². The lowest BCUT2D eigenvalue weighted by atomic mass is 10.1. The van der Waals surface area contributed by atoms with E-state index in [4.69, 9.17) is 4.74 Å². The zero-order chi connectivity index (χ0) is 22.6. The normalized spacial score (nSPS) is 12.9. The summed E-state index contributed by atoms with van der Waals surface area (Å²) in [5, 5.41) is 4.29. The van der Waals surface area contributed by atoms with E-state index in [1.165, 1.54) is 0 Å². The van der Waals surface area contributed by atoms with Crippen LogP contribution >= 0.6 is 12.4 Å². The molecule has 1 aliphatic heterocycles. The SMILES string of the molecule is Cc1ccc2c(Nc3ccc(OCc4ccccc4)cc3)c(C(=O)N3CCCC3)cnc2n1.Cl. The molecule has 3 heterocycles. The fourth-order valence-corrected chi connectivity index (χ4v) is 4.08. The number of carbonyl (C=O) groups excluding carboxylic acids is 1. The highest BCUT2D eigenvalue weighted by molar-refractivity contribution is 6.07. The van der Waals surface area contributed by atoms with Crippen molar-refractivity contribution in [2.24, 2.45) is 0 Å². The molecule has 0 radical (unpaired) electrons. The van der Waals surface area contributed by atoms with Gasteiger partial charge in [-0.25, -0.2) is 9.97 Å². The molecule has 1 amide bonds. The third-order valence-electron chi connectivity index (χ3n) is 5.86. The van der Waals surface area contributed by atoms with E-state index in [9.17, 15) is 4.79 Å². The summed E-state index contributed by atoms with van der Waals surface area (Å²) < 4.78 is 5.90. The number of carbonyl (C=O) groups is 1. The molecule has 7 heteroatoms. The van der Waals surface area contributed by atoms with Gasteiger partial charge < -0.3 is 15.0 Å². The van der Waals surface area contributed by atoms with Crippen LogP contribution < -0.4 is 10.1 Å². The summed E-state index contributed by atoms with van der Waals surface area (Å²) in [6, 6.07) is 21.8. The van der Waals surface area contributed by atoms with Crippen molar-refractivity contribution in [3.63, 3.8) is 0 Å². The molecule has 1 fully saturated rings. The Morgan fingerprint density at radius 3 is 2.47 bits per heavy atom. The van der Waals surface area contributed by atoms with Crippen LogP contribution in [0.5, 0.6) is 5.75 Å². The van der Waals surface area contributed by atoms with E-state index in [-0.39, 0.29) is 18.3 Å². The summed E-state index contributed by atoms with van der Waals surface area (Å²) in [6.45, 7) is 4.03. The number of aromatic nitrogens is 2. The Bertz CT molecular complexity index is 1270. The van der Waals surface area contributed by atoms with Crippen molar-refractivity contribution in [2.45, 2.75) is 26.4 Å². The van der Waals surface area contributed by atoms with Crippen molar-refractivity contribution in [3.05, 3.63) is 89.7 Å². The topological polar surface area (TPSA) is 67.3 Å². The number of benzene rings is 2. The van der Waals surface area contributed by atoms with Gasteiger partial charge in [-0.3, -0.25) is 4.79 Å². The number of rotatable bonds is 6. The molecule has 2 aromatic heterocycles. The number of pyridine rings is 2. The molecule has 174 valence electrons. The third-order valence-corrected chi connectivity index (χ3v) is 5.86. The highest BCUT2D eigenvalue weighted by atomic mass is 35.5.